The molecule has 1 unspecified atom stereocenters. The summed E-state index contributed by atoms with van der Waals surface area (Å²) in [5, 5.41) is 12.1. The number of benzene rings is 1. The quantitative estimate of drug-likeness (QED) is 0.885. The monoisotopic (exact) mass is 286 g/mol. The highest BCUT2D eigenvalue weighted by Gasteiger charge is 2.08. The van der Waals surface area contributed by atoms with Crippen LogP contribution < -0.4 is 10.1 Å². The molecule has 1 aromatic heterocycles. The van der Waals surface area contributed by atoms with E-state index in [0.717, 1.165) is 6.42 Å². The molecule has 0 aliphatic rings. The van der Waals surface area contributed by atoms with Crippen LogP contribution in [0.2, 0.25) is 0 Å². The van der Waals surface area contributed by atoms with E-state index in [1.807, 2.05) is 26.0 Å². The minimum absolute atomic E-state index is 0.0449. The van der Waals surface area contributed by atoms with Gasteiger partial charge in [0.15, 0.2) is 0 Å². The van der Waals surface area contributed by atoms with Crippen LogP contribution in [-0.4, -0.2) is 22.1 Å². The lowest BCUT2D eigenvalue weighted by Gasteiger charge is -2.13. The maximum atomic E-state index is 12.1. The fourth-order valence-electron chi connectivity index (χ4n) is 1.72. The highest BCUT2D eigenvalue weighted by molar-refractivity contribution is 6.04. The molecule has 0 saturated carbocycles. The SMILES string of the molecule is CCC(C)Oc1cccc(NC(=O)c2cncc(O)c2)c1. The van der Waals surface area contributed by atoms with E-state index >= 15 is 0 Å². The standard InChI is InChI=1S/C16H18N2O3/c1-3-11(2)21-15-6-4-5-13(8-15)18-16(20)12-7-14(19)10-17-9-12/h4-11,19H,3H2,1-2H3,(H,18,20). The molecule has 0 aliphatic heterocycles. The molecule has 1 amide bonds. The summed E-state index contributed by atoms with van der Waals surface area (Å²) in [6.45, 7) is 4.04. The number of rotatable bonds is 5. The smallest absolute Gasteiger partial charge is 0.257 e. The summed E-state index contributed by atoms with van der Waals surface area (Å²) in [6, 6.07) is 8.56. The number of hydrogen-bond acceptors (Lipinski definition) is 4. The maximum Gasteiger partial charge on any atom is 0.257 e. The molecule has 2 aromatic rings. The van der Waals surface area contributed by atoms with Crippen molar-refractivity contribution < 1.29 is 14.6 Å². The van der Waals surface area contributed by atoms with E-state index in [1.165, 1.54) is 18.5 Å². The Hall–Kier alpha value is -2.56. The van der Waals surface area contributed by atoms with E-state index in [1.54, 1.807) is 12.1 Å². The predicted octanol–water partition coefficient (Wildman–Crippen LogP) is 3.22. The summed E-state index contributed by atoms with van der Waals surface area (Å²) >= 11 is 0. The zero-order valence-corrected chi connectivity index (χ0v) is 12.0. The number of anilines is 1. The number of amides is 1. The van der Waals surface area contributed by atoms with Gasteiger partial charge < -0.3 is 15.2 Å². The first-order valence-electron chi connectivity index (χ1n) is 6.80. The number of nitrogens with one attached hydrogen (secondary N) is 1. The predicted molar refractivity (Wildman–Crippen MR) is 80.7 cm³/mol. The average Bonchev–Trinajstić information content (AvgIpc) is 2.47. The topological polar surface area (TPSA) is 71.5 Å². The van der Waals surface area contributed by atoms with E-state index in [0.29, 0.717) is 17.0 Å². The van der Waals surface area contributed by atoms with Gasteiger partial charge in [-0.05, 0) is 31.5 Å². The molecular weight excluding hydrogens is 268 g/mol. The second-order valence-electron chi connectivity index (χ2n) is 4.75. The molecule has 2 rings (SSSR count). The van der Waals surface area contributed by atoms with Crippen molar-refractivity contribution in [2.75, 3.05) is 5.32 Å². The molecule has 0 fully saturated rings. The molecule has 0 saturated heterocycles. The van der Waals surface area contributed by atoms with Crippen molar-refractivity contribution in [3.8, 4) is 11.5 Å². The van der Waals surface area contributed by atoms with Gasteiger partial charge in [-0.2, -0.15) is 0 Å². The Balaban J connectivity index is 2.09. The molecule has 110 valence electrons. The van der Waals surface area contributed by atoms with Crippen molar-refractivity contribution in [2.24, 2.45) is 0 Å². The molecule has 21 heavy (non-hydrogen) atoms. The Morgan fingerprint density at radius 3 is 2.90 bits per heavy atom. The lowest BCUT2D eigenvalue weighted by atomic mass is 10.2. The van der Waals surface area contributed by atoms with Gasteiger partial charge in [-0.25, -0.2) is 0 Å². The highest BCUT2D eigenvalue weighted by Crippen LogP contribution is 2.20. The van der Waals surface area contributed by atoms with Crippen molar-refractivity contribution >= 4 is 11.6 Å². The van der Waals surface area contributed by atoms with Gasteiger partial charge >= 0.3 is 0 Å². The van der Waals surface area contributed by atoms with E-state index in [2.05, 4.69) is 10.3 Å². The van der Waals surface area contributed by atoms with E-state index in [4.69, 9.17) is 4.74 Å². The van der Waals surface area contributed by atoms with E-state index < -0.39 is 0 Å². The molecule has 2 N–H and O–H groups in total. The van der Waals surface area contributed by atoms with Gasteiger partial charge in [0.2, 0.25) is 0 Å². The largest absolute Gasteiger partial charge is 0.506 e. The maximum absolute atomic E-state index is 12.1. The first kappa shape index (κ1) is 14.8. The highest BCUT2D eigenvalue weighted by atomic mass is 16.5. The first-order chi connectivity index (χ1) is 10.1. The van der Waals surface area contributed by atoms with Gasteiger partial charge in [-0.1, -0.05) is 13.0 Å². The second-order valence-corrected chi connectivity index (χ2v) is 4.75. The van der Waals surface area contributed by atoms with Crippen molar-refractivity contribution in [1.82, 2.24) is 4.98 Å². The summed E-state index contributed by atoms with van der Waals surface area (Å²) in [5.74, 6) is 0.326. The molecule has 1 heterocycles. The summed E-state index contributed by atoms with van der Waals surface area (Å²) in [6.07, 6.45) is 3.70. The minimum Gasteiger partial charge on any atom is -0.506 e. The summed E-state index contributed by atoms with van der Waals surface area (Å²) < 4.78 is 5.71. The van der Waals surface area contributed by atoms with E-state index in [9.17, 15) is 9.90 Å². The van der Waals surface area contributed by atoms with Gasteiger partial charge in [-0.3, -0.25) is 9.78 Å². The Kier molecular flexibility index (Phi) is 4.77. The molecule has 5 nitrogen and oxygen atoms in total. The number of aromatic nitrogens is 1. The van der Waals surface area contributed by atoms with Crippen LogP contribution in [0.4, 0.5) is 5.69 Å². The molecule has 1 aromatic carbocycles. The number of ether oxygens (including phenoxy) is 1. The van der Waals surface area contributed by atoms with Gasteiger partial charge in [0.05, 0.1) is 17.9 Å². The molecule has 0 bridgehead atoms. The van der Waals surface area contributed by atoms with Gasteiger partial charge in [0.1, 0.15) is 11.5 Å². The average molecular weight is 286 g/mol. The number of hydrogen-bond donors (Lipinski definition) is 2. The summed E-state index contributed by atoms with van der Waals surface area (Å²) in [7, 11) is 0. The molecule has 1 atom stereocenters. The third-order valence-electron chi connectivity index (χ3n) is 2.99. The molecular formula is C16H18N2O3. The lowest BCUT2D eigenvalue weighted by Crippen LogP contribution is -2.13. The molecule has 5 heteroatoms. The van der Waals surface area contributed by atoms with Crippen molar-refractivity contribution in [3.05, 3.63) is 48.3 Å². The Morgan fingerprint density at radius 2 is 2.19 bits per heavy atom. The Morgan fingerprint density at radius 1 is 1.38 bits per heavy atom. The molecule has 0 aliphatic carbocycles. The van der Waals surface area contributed by atoms with Crippen LogP contribution >= 0.6 is 0 Å². The minimum atomic E-state index is -0.334. The molecule has 0 radical (unpaired) electrons. The number of nitrogens with zero attached hydrogens (tertiary/aromatic N) is 1. The van der Waals surface area contributed by atoms with Crippen molar-refractivity contribution in [1.29, 1.82) is 0 Å². The van der Waals surface area contributed by atoms with Gasteiger partial charge in [0.25, 0.3) is 5.91 Å². The number of pyridine rings is 1. The second kappa shape index (κ2) is 6.74. The van der Waals surface area contributed by atoms with Gasteiger partial charge in [-0.15, -0.1) is 0 Å². The van der Waals surface area contributed by atoms with Crippen LogP contribution in [0.1, 0.15) is 30.6 Å². The van der Waals surface area contributed by atoms with Crippen LogP contribution in [0.5, 0.6) is 11.5 Å². The van der Waals surface area contributed by atoms with Gasteiger partial charge in [0, 0.05) is 18.0 Å². The van der Waals surface area contributed by atoms with Crippen LogP contribution in [0.15, 0.2) is 42.7 Å². The molecule has 0 spiro atoms. The summed E-state index contributed by atoms with van der Waals surface area (Å²) in [4.78, 5) is 15.8. The van der Waals surface area contributed by atoms with Crippen LogP contribution in [0, 0.1) is 0 Å². The zero-order chi connectivity index (χ0) is 15.2. The Labute approximate surface area is 123 Å². The van der Waals surface area contributed by atoms with Crippen molar-refractivity contribution in [3.63, 3.8) is 0 Å². The number of aromatic hydroxyl groups is 1. The third kappa shape index (κ3) is 4.21. The fourth-order valence-corrected chi connectivity index (χ4v) is 1.72. The normalized spacial score (nSPS) is 11.7. The van der Waals surface area contributed by atoms with Crippen LogP contribution in [-0.2, 0) is 0 Å². The van der Waals surface area contributed by atoms with Crippen LogP contribution in [0.25, 0.3) is 0 Å². The number of carbonyl (C=O) groups excluding carboxylic acids is 1. The first-order valence-corrected chi connectivity index (χ1v) is 6.80. The zero-order valence-electron chi connectivity index (χ0n) is 12.0. The van der Waals surface area contributed by atoms with Crippen LogP contribution in [0.3, 0.4) is 0 Å². The summed E-state index contributed by atoms with van der Waals surface area (Å²) in [5.41, 5.74) is 0.924. The van der Waals surface area contributed by atoms with Crippen molar-refractivity contribution in [2.45, 2.75) is 26.4 Å². The fraction of sp³-hybridized carbons (Fsp3) is 0.250. The van der Waals surface area contributed by atoms with E-state index in [-0.39, 0.29) is 17.8 Å². The number of carbonyl (C=O) groups is 1. The third-order valence-corrected chi connectivity index (χ3v) is 2.99. The Bertz CT molecular complexity index is 628. The lowest BCUT2D eigenvalue weighted by molar-refractivity contribution is 0.102.